The van der Waals surface area contributed by atoms with E-state index in [9.17, 15) is 0 Å². The van der Waals surface area contributed by atoms with Gasteiger partial charge in [0.25, 0.3) is 0 Å². The minimum absolute atomic E-state index is 0.269. The maximum Gasteiger partial charge on any atom is 0.219 e. The van der Waals surface area contributed by atoms with Crippen LogP contribution in [0.25, 0.3) is 0 Å². The first-order chi connectivity index (χ1) is 8.88. The Morgan fingerprint density at radius 2 is 2.11 bits per heavy atom. The highest BCUT2D eigenvalue weighted by Gasteiger charge is 2.17. The van der Waals surface area contributed by atoms with E-state index in [1.54, 1.807) is 0 Å². The molecular weight excluding hydrogens is 230 g/mol. The van der Waals surface area contributed by atoms with Gasteiger partial charge in [0.05, 0.1) is 12.5 Å². The molecule has 1 fully saturated rings. The molecule has 102 valence electrons. The summed E-state index contributed by atoms with van der Waals surface area (Å²) in [4.78, 5) is 0. The van der Waals surface area contributed by atoms with E-state index in [4.69, 9.17) is 9.15 Å². The third-order valence-corrected chi connectivity index (χ3v) is 3.13. The van der Waals surface area contributed by atoms with E-state index >= 15 is 0 Å². The maximum atomic E-state index is 5.66. The van der Waals surface area contributed by atoms with Crippen molar-refractivity contribution in [1.82, 2.24) is 15.5 Å². The van der Waals surface area contributed by atoms with Gasteiger partial charge >= 0.3 is 0 Å². The fourth-order valence-corrected chi connectivity index (χ4v) is 2.13. The molecule has 1 aliphatic heterocycles. The number of nitrogens with zero attached hydrogens (tertiary/aromatic N) is 2. The van der Waals surface area contributed by atoms with Gasteiger partial charge in [-0.3, -0.25) is 0 Å². The molecule has 5 heteroatoms. The number of ether oxygens (including phenoxy) is 1. The Kier molecular flexibility index (Phi) is 5.61. The van der Waals surface area contributed by atoms with Gasteiger partial charge in [0, 0.05) is 19.6 Å². The summed E-state index contributed by atoms with van der Waals surface area (Å²) in [5, 5.41) is 11.5. The van der Waals surface area contributed by atoms with Gasteiger partial charge in [-0.05, 0) is 32.2 Å². The average Bonchev–Trinajstić information content (AvgIpc) is 2.84. The molecule has 1 N–H and O–H groups in total. The Labute approximate surface area is 108 Å². The van der Waals surface area contributed by atoms with Crippen LogP contribution in [0.1, 0.15) is 44.4 Å². The van der Waals surface area contributed by atoms with Crippen molar-refractivity contribution in [3.8, 4) is 0 Å². The van der Waals surface area contributed by atoms with Crippen molar-refractivity contribution < 1.29 is 9.15 Å². The molecule has 5 nitrogen and oxygen atoms in total. The molecule has 0 radical (unpaired) electrons. The topological polar surface area (TPSA) is 60.2 Å². The summed E-state index contributed by atoms with van der Waals surface area (Å²) in [6.45, 7) is 4.96. The van der Waals surface area contributed by atoms with Crippen LogP contribution in [-0.2, 0) is 17.6 Å². The third kappa shape index (κ3) is 4.38. The van der Waals surface area contributed by atoms with Crippen LogP contribution in [0, 0.1) is 0 Å². The highest BCUT2D eigenvalue weighted by molar-refractivity contribution is 4.86. The maximum absolute atomic E-state index is 5.66. The lowest BCUT2D eigenvalue weighted by molar-refractivity contribution is 0.0130. The second-order valence-corrected chi connectivity index (χ2v) is 4.78. The quantitative estimate of drug-likeness (QED) is 0.750. The van der Waals surface area contributed by atoms with Crippen molar-refractivity contribution in [2.75, 3.05) is 19.7 Å². The molecule has 1 aromatic heterocycles. The number of hydrogen-bond donors (Lipinski definition) is 1. The Hall–Kier alpha value is -0.940. The highest BCUT2D eigenvalue weighted by Crippen LogP contribution is 2.16. The summed E-state index contributed by atoms with van der Waals surface area (Å²) in [5.74, 6) is 1.44. The summed E-state index contributed by atoms with van der Waals surface area (Å²) < 4.78 is 11.3. The van der Waals surface area contributed by atoms with Crippen LogP contribution in [0.3, 0.4) is 0 Å². The molecule has 0 aliphatic carbocycles. The van der Waals surface area contributed by atoms with Gasteiger partial charge < -0.3 is 14.5 Å². The second-order valence-electron chi connectivity index (χ2n) is 4.78. The van der Waals surface area contributed by atoms with Crippen molar-refractivity contribution in [2.24, 2.45) is 0 Å². The second kappa shape index (κ2) is 7.48. The summed E-state index contributed by atoms with van der Waals surface area (Å²) >= 11 is 0. The SMILES string of the molecule is CCCNCCc1nnc(CC2CCCCO2)o1. The molecule has 2 rings (SSSR count). The Bertz CT molecular complexity index is 335. The van der Waals surface area contributed by atoms with E-state index in [0.717, 1.165) is 51.3 Å². The summed E-state index contributed by atoms with van der Waals surface area (Å²) in [7, 11) is 0. The zero-order valence-electron chi connectivity index (χ0n) is 11.2. The normalized spacial score (nSPS) is 20.2. The van der Waals surface area contributed by atoms with Crippen LogP contribution < -0.4 is 5.32 Å². The molecule has 0 bridgehead atoms. The summed E-state index contributed by atoms with van der Waals surface area (Å²) in [5.41, 5.74) is 0. The van der Waals surface area contributed by atoms with E-state index in [2.05, 4.69) is 22.4 Å². The first kappa shape index (κ1) is 13.5. The predicted molar refractivity (Wildman–Crippen MR) is 68.5 cm³/mol. The molecule has 0 aromatic carbocycles. The highest BCUT2D eigenvalue weighted by atomic mass is 16.5. The van der Waals surface area contributed by atoms with Gasteiger partial charge in [-0.1, -0.05) is 6.92 Å². The van der Waals surface area contributed by atoms with Crippen molar-refractivity contribution in [1.29, 1.82) is 0 Å². The lowest BCUT2D eigenvalue weighted by atomic mass is 10.1. The van der Waals surface area contributed by atoms with E-state index in [-0.39, 0.29) is 6.10 Å². The molecule has 1 unspecified atom stereocenters. The standard InChI is InChI=1S/C13H23N3O2/c1-2-7-14-8-6-12-15-16-13(18-12)10-11-5-3-4-9-17-11/h11,14H,2-10H2,1H3. The Morgan fingerprint density at radius 1 is 1.22 bits per heavy atom. The predicted octanol–water partition coefficient (Wildman–Crippen LogP) is 1.72. The molecule has 0 spiro atoms. The monoisotopic (exact) mass is 253 g/mol. The van der Waals surface area contributed by atoms with E-state index < -0.39 is 0 Å². The fraction of sp³-hybridized carbons (Fsp3) is 0.846. The zero-order chi connectivity index (χ0) is 12.6. The smallest absolute Gasteiger partial charge is 0.219 e. The minimum atomic E-state index is 0.269. The zero-order valence-corrected chi connectivity index (χ0v) is 11.2. The fourth-order valence-electron chi connectivity index (χ4n) is 2.13. The minimum Gasteiger partial charge on any atom is -0.425 e. The lowest BCUT2D eigenvalue weighted by Gasteiger charge is -2.20. The Morgan fingerprint density at radius 3 is 2.89 bits per heavy atom. The van der Waals surface area contributed by atoms with E-state index in [1.807, 2.05) is 0 Å². The van der Waals surface area contributed by atoms with E-state index in [0.29, 0.717) is 5.89 Å². The van der Waals surface area contributed by atoms with E-state index in [1.165, 1.54) is 12.8 Å². The van der Waals surface area contributed by atoms with Crippen LogP contribution >= 0.6 is 0 Å². The molecule has 2 heterocycles. The molecular formula is C13H23N3O2. The summed E-state index contributed by atoms with van der Waals surface area (Å²) in [6.07, 6.45) is 6.50. The lowest BCUT2D eigenvalue weighted by Crippen LogP contribution is -2.21. The average molecular weight is 253 g/mol. The number of nitrogens with one attached hydrogen (secondary N) is 1. The van der Waals surface area contributed by atoms with Crippen LogP contribution in [0.2, 0.25) is 0 Å². The largest absolute Gasteiger partial charge is 0.425 e. The van der Waals surface area contributed by atoms with Gasteiger partial charge in [0.2, 0.25) is 11.8 Å². The molecule has 1 aromatic rings. The first-order valence-corrected chi connectivity index (χ1v) is 7.02. The third-order valence-electron chi connectivity index (χ3n) is 3.13. The molecule has 1 saturated heterocycles. The van der Waals surface area contributed by atoms with Crippen LogP contribution in [0.15, 0.2) is 4.42 Å². The van der Waals surface area contributed by atoms with Gasteiger partial charge in [-0.2, -0.15) is 0 Å². The van der Waals surface area contributed by atoms with Gasteiger partial charge in [-0.15, -0.1) is 10.2 Å². The number of aromatic nitrogens is 2. The van der Waals surface area contributed by atoms with Gasteiger partial charge in [0.15, 0.2) is 0 Å². The van der Waals surface area contributed by atoms with Crippen LogP contribution in [-0.4, -0.2) is 36.0 Å². The van der Waals surface area contributed by atoms with Crippen LogP contribution in [0.5, 0.6) is 0 Å². The van der Waals surface area contributed by atoms with Crippen molar-refractivity contribution in [2.45, 2.75) is 51.6 Å². The molecule has 0 amide bonds. The van der Waals surface area contributed by atoms with Crippen LogP contribution in [0.4, 0.5) is 0 Å². The molecule has 1 aliphatic rings. The molecule has 1 atom stereocenters. The molecule has 18 heavy (non-hydrogen) atoms. The van der Waals surface area contributed by atoms with Crippen molar-refractivity contribution in [3.63, 3.8) is 0 Å². The summed E-state index contributed by atoms with van der Waals surface area (Å²) in [6, 6.07) is 0. The number of rotatable bonds is 7. The van der Waals surface area contributed by atoms with Gasteiger partial charge in [0.1, 0.15) is 0 Å². The van der Waals surface area contributed by atoms with Gasteiger partial charge in [-0.25, -0.2) is 0 Å². The van der Waals surface area contributed by atoms with Crippen molar-refractivity contribution >= 4 is 0 Å². The Balaban J connectivity index is 1.71. The number of hydrogen-bond acceptors (Lipinski definition) is 5. The van der Waals surface area contributed by atoms with Crippen molar-refractivity contribution in [3.05, 3.63) is 11.8 Å². The molecule has 0 saturated carbocycles. The first-order valence-electron chi connectivity index (χ1n) is 7.02.